The number of carbonyl (C=O) groups excluding carboxylic acids is 1. The molecule has 0 radical (unpaired) electrons. The third kappa shape index (κ3) is 4.27. The Morgan fingerprint density at radius 2 is 1.93 bits per heavy atom. The number of aromatic nitrogens is 2. The highest BCUT2D eigenvalue weighted by Gasteiger charge is 2.16. The summed E-state index contributed by atoms with van der Waals surface area (Å²) in [4.78, 5) is 21.4. The van der Waals surface area contributed by atoms with Gasteiger partial charge < -0.3 is 19.9 Å². The van der Waals surface area contributed by atoms with Crippen molar-refractivity contribution in [3.05, 3.63) is 54.4 Å². The Morgan fingerprint density at radius 3 is 2.69 bits per heavy atom. The zero-order valence-corrected chi connectivity index (χ0v) is 17.1. The minimum Gasteiger partial charge on any atom is -0.370 e. The van der Waals surface area contributed by atoms with Gasteiger partial charge in [0.15, 0.2) is 0 Å². The Hall–Kier alpha value is -2.86. The van der Waals surface area contributed by atoms with E-state index in [2.05, 4.69) is 46.0 Å². The van der Waals surface area contributed by atoms with Crippen LogP contribution in [-0.2, 0) is 0 Å². The third-order valence-corrected chi connectivity index (χ3v) is 5.69. The molecule has 0 saturated carbocycles. The molecule has 0 aliphatic carbocycles. The van der Waals surface area contributed by atoms with Crippen molar-refractivity contribution < 1.29 is 4.79 Å². The number of unbranched alkanes of at least 4 members (excludes halogenated alkanes) is 1. The fourth-order valence-corrected chi connectivity index (χ4v) is 4.02. The first kappa shape index (κ1) is 19.5. The summed E-state index contributed by atoms with van der Waals surface area (Å²) in [6.07, 6.45) is 7.56. The smallest absolute Gasteiger partial charge is 0.252 e. The maximum absolute atomic E-state index is 11.6. The van der Waals surface area contributed by atoms with E-state index in [1.165, 1.54) is 38.0 Å². The number of nitrogens with zero attached hydrogens (tertiary/aromatic N) is 4. The second-order valence-corrected chi connectivity index (χ2v) is 7.73. The Balaban J connectivity index is 1.50. The van der Waals surface area contributed by atoms with Crippen LogP contribution < -0.4 is 10.6 Å². The predicted molar refractivity (Wildman–Crippen MR) is 117 cm³/mol. The number of fused-ring (bicyclic) bond motifs is 1. The van der Waals surface area contributed by atoms with Crippen molar-refractivity contribution in [1.29, 1.82) is 0 Å². The van der Waals surface area contributed by atoms with E-state index in [1.54, 1.807) is 6.07 Å². The van der Waals surface area contributed by atoms with Crippen molar-refractivity contribution in [2.75, 3.05) is 37.6 Å². The number of hydrogen-bond acceptors (Lipinski definition) is 4. The zero-order valence-electron chi connectivity index (χ0n) is 17.1. The molecule has 1 saturated heterocycles. The van der Waals surface area contributed by atoms with Crippen LogP contribution in [0.2, 0.25) is 0 Å². The quantitative estimate of drug-likeness (QED) is 0.699. The topological polar surface area (TPSA) is 66.9 Å². The molecule has 1 aromatic carbocycles. The summed E-state index contributed by atoms with van der Waals surface area (Å²) in [7, 11) is 0. The van der Waals surface area contributed by atoms with E-state index in [-0.39, 0.29) is 0 Å². The van der Waals surface area contributed by atoms with Crippen molar-refractivity contribution in [2.45, 2.75) is 26.2 Å². The molecule has 6 heteroatoms. The van der Waals surface area contributed by atoms with Crippen molar-refractivity contribution in [3.8, 4) is 11.3 Å². The van der Waals surface area contributed by atoms with Crippen LogP contribution in [0.5, 0.6) is 0 Å². The van der Waals surface area contributed by atoms with Gasteiger partial charge in [-0.15, -0.1) is 0 Å². The van der Waals surface area contributed by atoms with Crippen molar-refractivity contribution >= 4 is 17.2 Å². The molecule has 152 valence electrons. The number of primary amides is 1. The largest absolute Gasteiger partial charge is 0.370 e. The monoisotopic (exact) mass is 391 g/mol. The average Bonchev–Trinajstić information content (AvgIpc) is 3.04. The van der Waals surface area contributed by atoms with Crippen molar-refractivity contribution in [1.82, 2.24) is 14.3 Å². The van der Waals surface area contributed by atoms with E-state index in [0.717, 1.165) is 30.9 Å². The molecule has 2 aromatic heterocycles. The second-order valence-electron chi connectivity index (χ2n) is 7.73. The first-order chi connectivity index (χ1) is 14.2. The maximum atomic E-state index is 11.6. The molecule has 2 N–H and O–H groups in total. The number of rotatable bonds is 6. The lowest BCUT2D eigenvalue weighted by molar-refractivity contribution is 0.100. The van der Waals surface area contributed by atoms with Crippen LogP contribution in [-0.4, -0.2) is 52.9 Å². The first-order valence-corrected chi connectivity index (χ1v) is 10.5. The summed E-state index contributed by atoms with van der Waals surface area (Å²) >= 11 is 0. The van der Waals surface area contributed by atoms with Crippen molar-refractivity contribution in [2.24, 2.45) is 5.73 Å². The molecule has 1 amide bonds. The zero-order chi connectivity index (χ0) is 20.2. The van der Waals surface area contributed by atoms with Crippen LogP contribution in [0, 0.1) is 0 Å². The van der Waals surface area contributed by atoms with Gasteiger partial charge in [-0.2, -0.15) is 0 Å². The second kappa shape index (κ2) is 8.66. The van der Waals surface area contributed by atoms with Crippen molar-refractivity contribution in [3.63, 3.8) is 0 Å². The highest BCUT2D eigenvalue weighted by molar-refractivity contribution is 5.98. The fourth-order valence-electron chi connectivity index (χ4n) is 4.02. The van der Waals surface area contributed by atoms with Gasteiger partial charge in [-0.3, -0.25) is 4.79 Å². The molecule has 3 heterocycles. The van der Waals surface area contributed by atoms with E-state index in [0.29, 0.717) is 11.2 Å². The molecule has 6 nitrogen and oxygen atoms in total. The fraction of sp³-hybridized carbons (Fsp3) is 0.391. The molecule has 3 aromatic rings. The van der Waals surface area contributed by atoms with Gasteiger partial charge >= 0.3 is 0 Å². The third-order valence-electron chi connectivity index (χ3n) is 5.69. The Kier molecular flexibility index (Phi) is 5.81. The van der Waals surface area contributed by atoms with Crippen LogP contribution in [0.25, 0.3) is 16.9 Å². The molecular formula is C23H29N5O. The van der Waals surface area contributed by atoms with Crippen LogP contribution in [0.15, 0.2) is 48.8 Å². The van der Waals surface area contributed by atoms with Gasteiger partial charge in [0.25, 0.3) is 5.91 Å². The van der Waals surface area contributed by atoms with Gasteiger partial charge in [0, 0.05) is 43.3 Å². The summed E-state index contributed by atoms with van der Waals surface area (Å²) in [6, 6.07) is 12.1. The van der Waals surface area contributed by atoms with Crippen LogP contribution >= 0.6 is 0 Å². The van der Waals surface area contributed by atoms with Gasteiger partial charge in [-0.1, -0.05) is 25.5 Å². The highest BCUT2D eigenvalue weighted by Crippen LogP contribution is 2.25. The van der Waals surface area contributed by atoms with E-state index >= 15 is 0 Å². The number of imidazole rings is 1. The summed E-state index contributed by atoms with van der Waals surface area (Å²) in [5, 5.41) is 0. The average molecular weight is 392 g/mol. The number of nitrogens with two attached hydrogens (primary N) is 1. The minimum atomic E-state index is -0.461. The van der Waals surface area contributed by atoms with Gasteiger partial charge in [0.1, 0.15) is 5.65 Å². The normalized spacial score (nSPS) is 15.6. The highest BCUT2D eigenvalue weighted by atomic mass is 16.1. The van der Waals surface area contributed by atoms with Crippen LogP contribution in [0.1, 0.15) is 36.5 Å². The van der Waals surface area contributed by atoms with Gasteiger partial charge in [0.2, 0.25) is 0 Å². The summed E-state index contributed by atoms with van der Waals surface area (Å²) in [5.74, 6) is -0.461. The lowest BCUT2D eigenvalue weighted by Gasteiger charge is -2.23. The Labute approximate surface area is 171 Å². The lowest BCUT2D eigenvalue weighted by atomic mass is 10.1. The van der Waals surface area contributed by atoms with Gasteiger partial charge in [-0.25, -0.2) is 4.98 Å². The molecule has 4 rings (SSSR count). The molecule has 0 unspecified atom stereocenters. The number of carbonyl (C=O) groups is 1. The first-order valence-electron chi connectivity index (χ1n) is 10.5. The SMILES string of the molecule is CCCCN1CCCN(c2ccc(-c3cn4cccc(C(N)=O)c4n3)cc2)CC1. The minimum absolute atomic E-state index is 0.438. The summed E-state index contributed by atoms with van der Waals surface area (Å²) < 4.78 is 1.85. The number of amides is 1. The Morgan fingerprint density at radius 1 is 1.10 bits per heavy atom. The van der Waals surface area contributed by atoms with E-state index in [9.17, 15) is 4.79 Å². The number of hydrogen-bond donors (Lipinski definition) is 1. The predicted octanol–water partition coefficient (Wildman–Crippen LogP) is 3.41. The molecular weight excluding hydrogens is 362 g/mol. The number of anilines is 1. The van der Waals surface area contributed by atoms with E-state index < -0.39 is 5.91 Å². The van der Waals surface area contributed by atoms with Crippen LogP contribution in [0.3, 0.4) is 0 Å². The molecule has 1 aliphatic rings. The summed E-state index contributed by atoms with van der Waals surface area (Å²) in [5.41, 5.74) is 9.64. The standard InChI is InChI=1S/C23H29N5O/c1-2-3-11-26-12-5-14-27(16-15-26)19-9-7-18(8-10-19)21-17-28-13-4-6-20(22(24)29)23(28)25-21/h4,6-10,13,17H,2-3,5,11-12,14-16H2,1H3,(H2,24,29). The van der Waals surface area contributed by atoms with E-state index in [4.69, 9.17) is 5.73 Å². The Bertz CT molecular complexity index is 979. The molecule has 0 spiro atoms. The van der Waals surface area contributed by atoms with E-state index in [1.807, 2.05) is 22.9 Å². The number of benzene rings is 1. The molecule has 29 heavy (non-hydrogen) atoms. The van der Waals surface area contributed by atoms with Crippen LogP contribution in [0.4, 0.5) is 5.69 Å². The molecule has 1 aliphatic heterocycles. The number of pyridine rings is 1. The lowest BCUT2D eigenvalue weighted by Crippen LogP contribution is -2.31. The van der Waals surface area contributed by atoms with Gasteiger partial charge in [0.05, 0.1) is 11.3 Å². The molecule has 0 atom stereocenters. The molecule has 1 fully saturated rings. The van der Waals surface area contributed by atoms with Gasteiger partial charge in [-0.05, 0) is 50.2 Å². The molecule has 0 bridgehead atoms. The summed E-state index contributed by atoms with van der Waals surface area (Å²) in [6.45, 7) is 7.95. The maximum Gasteiger partial charge on any atom is 0.252 e.